The van der Waals surface area contributed by atoms with Crippen LogP contribution in [0.3, 0.4) is 0 Å². The number of piperidine rings is 1. The Bertz CT molecular complexity index is 834. The van der Waals surface area contributed by atoms with Gasteiger partial charge in [-0.05, 0) is 44.0 Å². The molecule has 144 valence electrons. The number of aliphatic carboxylic acids is 1. The largest absolute Gasteiger partial charge is 0.479 e. The number of carboxylic acids is 1. The van der Waals surface area contributed by atoms with Crippen LogP contribution < -0.4 is 0 Å². The highest BCUT2D eigenvalue weighted by molar-refractivity contribution is 5.95. The molecule has 2 aliphatic heterocycles. The van der Waals surface area contributed by atoms with Crippen molar-refractivity contribution in [1.29, 1.82) is 0 Å². The molecule has 0 aromatic carbocycles. The van der Waals surface area contributed by atoms with Crippen molar-refractivity contribution in [2.24, 2.45) is 5.92 Å². The van der Waals surface area contributed by atoms with Gasteiger partial charge < -0.3 is 19.4 Å². The summed E-state index contributed by atoms with van der Waals surface area (Å²) in [6.07, 6.45) is 4.36. The number of fused-ring (bicyclic) bond motifs is 1. The van der Waals surface area contributed by atoms with Gasteiger partial charge in [0.15, 0.2) is 11.8 Å². The molecule has 0 aliphatic carbocycles. The van der Waals surface area contributed by atoms with E-state index in [4.69, 9.17) is 4.42 Å². The molecule has 2 aromatic rings. The summed E-state index contributed by atoms with van der Waals surface area (Å²) in [6, 6.07) is 2.36. The average Bonchev–Trinajstić information content (AvgIpc) is 3.31. The van der Waals surface area contributed by atoms with Crippen molar-refractivity contribution in [2.75, 3.05) is 19.6 Å². The second-order valence-electron chi connectivity index (χ2n) is 7.48. The van der Waals surface area contributed by atoms with Crippen molar-refractivity contribution in [3.63, 3.8) is 0 Å². The number of nitrogens with one attached hydrogen (secondary N) is 1. The Morgan fingerprint density at radius 2 is 2.07 bits per heavy atom. The van der Waals surface area contributed by atoms with Crippen molar-refractivity contribution in [3.05, 3.63) is 41.4 Å². The van der Waals surface area contributed by atoms with E-state index < -0.39 is 17.9 Å². The molecule has 0 spiro atoms. The third-order valence-corrected chi connectivity index (χ3v) is 5.55. The van der Waals surface area contributed by atoms with Gasteiger partial charge in [-0.3, -0.25) is 9.69 Å². The molecular weight excluding hydrogens is 348 g/mol. The van der Waals surface area contributed by atoms with Crippen LogP contribution in [0.4, 0.5) is 0 Å². The van der Waals surface area contributed by atoms with Crippen molar-refractivity contribution < 1.29 is 19.1 Å². The maximum Gasteiger partial charge on any atom is 0.332 e. The van der Waals surface area contributed by atoms with E-state index in [1.54, 1.807) is 6.07 Å². The first-order chi connectivity index (χ1) is 13.0. The fraction of sp³-hybridized carbons (Fsp3) is 0.526. The number of imidazole rings is 1. The van der Waals surface area contributed by atoms with Crippen molar-refractivity contribution in [2.45, 2.75) is 38.8 Å². The highest BCUT2D eigenvalue weighted by Gasteiger charge is 2.39. The summed E-state index contributed by atoms with van der Waals surface area (Å²) in [5.41, 5.74) is 1.17. The normalized spacial score (nSPS) is 21.2. The Morgan fingerprint density at radius 3 is 2.81 bits per heavy atom. The first kappa shape index (κ1) is 17.8. The smallest absolute Gasteiger partial charge is 0.332 e. The van der Waals surface area contributed by atoms with E-state index in [9.17, 15) is 14.7 Å². The molecule has 4 heterocycles. The number of amides is 1. The lowest BCUT2D eigenvalue weighted by molar-refractivity contribution is -0.143. The lowest BCUT2D eigenvalue weighted by atomic mass is 9.99. The molecule has 2 aliphatic rings. The Hall–Kier alpha value is -2.61. The molecule has 4 rings (SSSR count). The number of rotatable bonds is 4. The second-order valence-corrected chi connectivity index (χ2v) is 7.48. The third kappa shape index (κ3) is 3.49. The zero-order valence-corrected chi connectivity index (χ0v) is 15.4. The summed E-state index contributed by atoms with van der Waals surface area (Å²) in [4.78, 5) is 35.4. The summed E-state index contributed by atoms with van der Waals surface area (Å²) in [5, 5.41) is 9.63. The van der Waals surface area contributed by atoms with Gasteiger partial charge in [-0.25, -0.2) is 9.78 Å². The van der Waals surface area contributed by atoms with Gasteiger partial charge in [0.2, 0.25) is 0 Å². The van der Waals surface area contributed by atoms with Crippen LogP contribution in [0.2, 0.25) is 0 Å². The summed E-state index contributed by atoms with van der Waals surface area (Å²) < 4.78 is 5.77. The topological polar surface area (TPSA) is 103 Å². The quantitative estimate of drug-likeness (QED) is 0.852. The van der Waals surface area contributed by atoms with E-state index in [0.29, 0.717) is 25.2 Å². The molecule has 1 saturated heterocycles. The van der Waals surface area contributed by atoms with E-state index in [0.717, 1.165) is 30.5 Å². The first-order valence-corrected chi connectivity index (χ1v) is 9.40. The van der Waals surface area contributed by atoms with Crippen LogP contribution in [0.25, 0.3) is 0 Å². The Balaban J connectivity index is 1.48. The molecule has 0 saturated carbocycles. The second kappa shape index (κ2) is 7.19. The van der Waals surface area contributed by atoms with E-state index in [1.165, 1.54) is 24.1 Å². The minimum atomic E-state index is -1.09. The van der Waals surface area contributed by atoms with Crippen molar-refractivity contribution >= 4 is 11.9 Å². The van der Waals surface area contributed by atoms with Gasteiger partial charge in [-0.1, -0.05) is 6.92 Å². The van der Waals surface area contributed by atoms with Gasteiger partial charge >= 0.3 is 5.97 Å². The Labute approximate surface area is 157 Å². The zero-order chi connectivity index (χ0) is 19.0. The maximum atomic E-state index is 12.9. The standard InChI is InChI=1S/C19H24N4O4/c1-12-4-7-22(8-5-12)10-13-2-3-15(27-13)18(24)23-9-6-14-16(21-11-20-14)17(23)19(25)26/h2-3,11-12,17H,4-10H2,1H3,(H,20,21)(H,25,26)/t17-/m0/s1. The molecule has 1 atom stereocenters. The third-order valence-electron chi connectivity index (χ3n) is 5.55. The molecule has 0 unspecified atom stereocenters. The number of carbonyl (C=O) groups is 2. The number of H-pyrrole nitrogens is 1. The van der Waals surface area contributed by atoms with E-state index in [1.807, 2.05) is 6.07 Å². The fourth-order valence-electron chi connectivity index (χ4n) is 3.91. The van der Waals surface area contributed by atoms with E-state index in [2.05, 4.69) is 21.8 Å². The van der Waals surface area contributed by atoms with Gasteiger partial charge in [0.1, 0.15) is 5.76 Å². The minimum Gasteiger partial charge on any atom is -0.479 e. The van der Waals surface area contributed by atoms with E-state index in [-0.39, 0.29) is 5.76 Å². The number of aromatic nitrogens is 2. The molecule has 2 aromatic heterocycles. The maximum absolute atomic E-state index is 12.9. The lowest BCUT2D eigenvalue weighted by Gasteiger charge is -2.31. The van der Waals surface area contributed by atoms with Crippen molar-refractivity contribution in [3.8, 4) is 0 Å². The molecule has 2 N–H and O–H groups in total. The summed E-state index contributed by atoms with van der Waals surface area (Å²) in [7, 11) is 0. The number of carboxylic acid groups (broad SMARTS) is 1. The minimum absolute atomic E-state index is 0.181. The zero-order valence-electron chi connectivity index (χ0n) is 15.4. The van der Waals surface area contributed by atoms with Crippen LogP contribution in [0.1, 0.15) is 53.5 Å². The van der Waals surface area contributed by atoms with Gasteiger partial charge in [0.05, 0.1) is 18.6 Å². The molecule has 1 fully saturated rings. The number of hydrogen-bond donors (Lipinski definition) is 2. The number of likely N-dealkylation sites (tertiary alicyclic amines) is 1. The highest BCUT2D eigenvalue weighted by atomic mass is 16.4. The average molecular weight is 372 g/mol. The molecule has 8 nitrogen and oxygen atoms in total. The van der Waals surface area contributed by atoms with E-state index >= 15 is 0 Å². The Kier molecular flexibility index (Phi) is 4.73. The predicted octanol–water partition coefficient (Wildman–Crippen LogP) is 2.06. The van der Waals surface area contributed by atoms with Crippen LogP contribution >= 0.6 is 0 Å². The lowest BCUT2D eigenvalue weighted by Crippen LogP contribution is -2.43. The molecule has 27 heavy (non-hydrogen) atoms. The molecule has 0 radical (unpaired) electrons. The van der Waals surface area contributed by atoms with Crippen molar-refractivity contribution in [1.82, 2.24) is 19.8 Å². The number of furan rings is 1. The van der Waals surface area contributed by atoms with Crippen LogP contribution in [-0.4, -0.2) is 56.4 Å². The monoisotopic (exact) mass is 372 g/mol. The summed E-state index contributed by atoms with van der Waals surface area (Å²) in [6.45, 7) is 5.31. The molecular formula is C19H24N4O4. The number of nitrogens with zero attached hydrogens (tertiary/aromatic N) is 3. The predicted molar refractivity (Wildman–Crippen MR) is 96.1 cm³/mol. The molecule has 0 bridgehead atoms. The van der Waals surface area contributed by atoms with Crippen LogP contribution in [-0.2, 0) is 17.8 Å². The summed E-state index contributed by atoms with van der Waals surface area (Å²) >= 11 is 0. The Morgan fingerprint density at radius 1 is 1.30 bits per heavy atom. The van der Waals surface area contributed by atoms with Crippen LogP contribution in [0.15, 0.2) is 22.9 Å². The van der Waals surface area contributed by atoms with Gasteiger partial charge in [0, 0.05) is 18.7 Å². The number of aromatic amines is 1. The number of hydrogen-bond acceptors (Lipinski definition) is 5. The SMILES string of the molecule is CC1CCN(Cc2ccc(C(=O)N3CCc4[nH]cnc4[C@H]3C(=O)O)o2)CC1. The van der Waals surface area contributed by atoms with Gasteiger partial charge in [-0.2, -0.15) is 0 Å². The van der Waals surface area contributed by atoms with Gasteiger partial charge in [0.25, 0.3) is 5.91 Å². The first-order valence-electron chi connectivity index (χ1n) is 9.40. The van der Waals surface area contributed by atoms with Crippen LogP contribution in [0.5, 0.6) is 0 Å². The molecule has 8 heteroatoms. The highest BCUT2D eigenvalue weighted by Crippen LogP contribution is 2.29. The summed E-state index contributed by atoms with van der Waals surface area (Å²) in [5.74, 6) is 0.173. The fourth-order valence-corrected chi connectivity index (χ4v) is 3.91. The van der Waals surface area contributed by atoms with Crippen LogP contribution in [0, 0.1) is 5.92 Å². The number of carbonyl (C=O) groups excluding carboxylic acids is 1. The molecule has 1 amide bonds. The van der Waals surface area contributed by atoms with Gasteiger partial charge in [-0.15, -0.1) is 0 Å².